The van der Waals surface area contributed by atoms with Crippen molar-refractivity contribution in [3.8, 4) is 0 Å². The number of nitrogens with zero attached hydrogens (tertiary/aromatic N) is 1. The van der Waals surface area contributed by atoms with Crippen LogP contribution in [0.25, 0.3) is 0 Å². The van der Waals surface area contributed by atoms with Crippen LogP contribution >= 0.6 is 34.5 Å². The second-order valence-electron chi connectivity index (χ2n) is 3.32. The predicted octanol–water partition coefficient (Wildman–Crippen LogP) is 3.82. The SMILES string of the molecule is O=C(N/N=C\c1ccccc1Cl)c1ccc(Cl)s1. The van der Waals surface area contributed by atoms with Crippen molar-refractivity contribution >= 4 is 46.7 Å². The maximum Gasteiger partial charge on any atom is 0.281 e. The number of hydrogen-bond donors (Lipinski definition) is 1. The molecule has 3 nitrogen and oxygen atoms in total. The van der Waals surface area contributed by atoms with E-state index in [0.717, 1.165) is 5.56 Å². The summed E-state index contributed by atoms with van der Waals surface area (Å²) in [7, 11) is 0. The molecule has 0 saturated heterocycles. The van der Waals surface area contributed by atoms with E-state index >= 15 is 0 Å². The monoisotopic (exact) mass is 298 g/mol. The summed E-state index contributed by atoms with van der Waals surface area (Å²) >= 11 is 12.9. The molecular formula is C12H8Cl2N2OS. The minimum atomic E-state index is -0.296. The molecule has 1 amide bonds. The Balaban J connectivity index is 2.00. The molecule has 0 saturated carbocycles. The lowest BCUT2D eigenvalue weighted by Gasteiger charge is -1.97. The third-order valence-electron chi connectivity index (χ3n) is 2.07. The van der Waals surface area contributed by atoms with Crippen LogP contribution in [0.4, 0.5) is 0 Å². The lowest BCUT2D eigenvalue weighted by atomic mass is 10.2. The van der Waals surface area contributed by atoms with Gasteiger partial charge in [-0.2, -0.15) is 5.10 Å². The average molecular weight is 299 g/mol. The lowest BCUT2D eigenvalue weighted by molar-refractivity contribution is 0.0959. The Morgan fingerprint density at radius 3 is 2.67 bits per heavy atom. The molecule has 0 radical (unpaired) electrons. The lowest BCUT2D eigenvalue weighted by Crippen LogP contribution is -2.16. The maximum absolute atomic E-state index is 11.6. The largest absolute Gasteiger partial charge is 0.281 e. The number of amides is 1. The predicted molar refractivity (Wildman–Crippen MR) is 75.8 cm³/mol. The highest BCUT2D eigenvalue weighted by molar-refractivity contribution is 7.17. The van der Waals surface area contributed by atoms with Crippen molar-refractivity contribution < 1.29 is 4.79 Å². The van der Waals surface area contributed by atoms with E-state index in [1.54, 1.807) is 24.3 Å². The first kappa shape index (κ1) is 13.1. The van der Waals surface area contributed by atoms with Gasteiger partial charge in [0.15, 0.2) is 0 Å². The molecule has 0 bridgehead atoms. The Bertz CT molecular complexity index is 595. The van der Waals surface area contributed by atoms with Crippen LogP contribution < -0.4 is 5.43 Å². The molecule has 0 spiro atoms. The molecule has 1 heterocycles. The van der Waals surface area contributed by atoms with Crippen LogP contribution in [0.15, 0.2) is 41.5 Å². The fourth-order valence-corrected chi connectivity index (χ4v) is 2.35. The molecule has 0 atom stereocenters. The first-order valence-electron chi connectivity index (χ1n) is 5.00. The summed E-state index contributed by atoms with van der Waals surface area (Å²) in [4.78, 5) is 12.1. The molecule has 1 aromatic carbocycles. The van der Waals surface area contributed by atoms with Crippen LogP contribution in [-0.4, -0.2) is 12.1 Å². The van der Waals surface area contributed by atoms with Crippen LogP contribution in [0.5, 0.6) is 0 Å². The molecule has 18 heavy (non-hydrogen) atoms. The molecule has 1 aromatic heterocycles. The zero-order valence-electron chi connectivity index (χ0n) is 9.06. The van der Waals surface area contributed by atoms with Crippen molar-refractivity contribution in [2.24, 2.45) is 5.10 Å². The minimum absolute atomic E-state index is 0.296. The molecule has 0 aliphatic rings. The van der Waals surface area contributed by atoms with E-state index in [0.29, 0.717) is 14.2 Å². The van der Waals surface area contributed by atoms with Crippen molar-refractivity contribution in [1.29, 1.82) is 0 Å². The molecule has 6 heteroatoms. The Kier molecular flexibility index (Phi) is 4.36. The summed E-state index contributed by atoms with van der Waals surface area (Å²) in [5.41, 5.74) is 3.15. The first-order chi connectivity index (χ1) is 8.66. The summed E-state index contributed by atoms with van der Waals surface area (Å²) in [5.74, 6) is -0.296. The summed E-state index contributed by atoms with van der Waals surface area (Å²) in [5, 5.41) is 4.42. The zero-order chi connectivity index (χ0) is 13.0. The molecule has 92 valence electrons. The van der Waals surface area contributed by atoms with Gasteiger partial charge in [-0.25, -0.2) is 5.43 Å². The van der Waals surface area contributed by atoms with Gasteiger partial charge >= 0.3 is 0 Å². The van der Waals surface area contributed by atoms with Crippen molar-refractivity contribution in [2.75, 3.05) is 0 Å². The molecule has 0 unspecified atom stereocenters. The van der Waals surface area contributed by atoms with E-state index in [1.165, 1.54) is 17.6 Å². The topological polar surface area (TPSA) is 41.5 Å². The second kappa shape index (κ2) is 6.00. The smallest absolute Gasteiger partial charge is 0.266 e. The van der Waals surface area contributed by atoms with Crippen LogP contribution in [0.1, 0.15) is 15.2 Å². The highest BCUT2D eigenvalue weighted by Crippen LogP contribution is 2.21. The highest BCUT2D eigenvalue weighted by atomic mass is 35.5. The molecular weight excluding hydrogens is 291 g/mol. The van der Waals surface area contributed by atoms with Crippen LogP contribution in [-0.2, 0) is 0 Å². The van der Waals surface area contributed by atoms with E-state index < -0.39 is 0 Å². The third-order valence-corrected chi connectivity index (χ3v) is 3.65. The summed E-state index contributed by atoms with van der Waals surface area (Å²) in [6.07, 6.45) is 1.50. The number of carbonyl (C=O) groups excluding carboxylic acids is 1. The van der Waals surface area contributed by atoms with Crippen LogP contribution in [0, 0.1) is 0 Å². The first-order valence-corrected chi connectivity index (χ1v) is 6.57. The number of benzene rings is 1. The molecule has 1 N–H and O–H groups in total. The zero-order valence-corrected chi connectivity index (χ0v) is 11.4. The summed E-state index contributed by atoms with van der Waals surface area (Å²) in [6, 6.07) is 10.5. The molecule has 0 fully saturated rings. The van der Waals surface area contributed by atoms with Gasteiger partial charge in [0.2, 0.25) is 0 Å². The molecule has 2 aromatic rings. The van der Waals surface area contributed by atoms with Gasteiger partial charge in [0.1, 0.15) is 0 Å². The number of nitrogens with one attached hydrogen (secondary N) is 1. The van der Waals surface area contributed by atoms with Gasteiger partial charge in [-0.3, -0.25) is 4.79 Å². The van der Waals surface area contributed by atoms with Crippen molar-refractivity contribution in [3.05, 3.63) is 56.2 Å². The Morgan fingerprint density at radius 1 is 1.22 bits per heavy atom. The van der Waals surface area contributed by atoms with E-state index in [2.05, 4.69) is 10.5 Å². The van der Waals surface area contributed by atoms with Gasteiger partial charge < -0.3 is 0 Å². The summed E-state index contributed by atoms with van der Waals surface area (Å²) < 4.78 is 0.565. The van der Waals surface area contributed by atoms with E-state index in [9.17, 15) is 4.79 Å². The minimum Gasteiger partial charge on any atom is -0.266 e. The fourth-order valence-electron chi connectivity index (χ4n) is 1.23. The third kappa shape index (κ3) is 3.32. The summed E-state index contributed by atoms with van der Waals surface area (Å²) in [6.45, 7) is 0. The Morgan fingerprint density at radius 2 is 2.00 bits per heavy atom. The number of rotatable bonds is 3. The van der Waals surface area contributed by atoms with Gasteiger partial charge in [0.25, 0.3) is 5.91 Å². The van der Waals surface area contributed by atoms with Crippen LogP contribution in [0.2, 0.25) is 9.36 Å². The van der Waals surface area contributed by atoms with Gasteiger partial charge in [-0.15, -0.1) is 11.3 Å². The van der Waals surface area contributed by atoms with Gasteiger partial charge in [0.05, 0.1) is 15.4 Å². The Hall–Kier alpha value is -1.36. The Labute approximate surface area is 118 Å². The van der Waals surface area contributed by atoms with E-state index in [1.807, 2.05) is 12.1 Å². The highest BCUT2D eigenvalue weighted by Gasteiger charge is 2.06. The second-order valence-corrected chi connectivity index (χ2v) is 5.45. The van der Waals surface area contributed by atoms with E-state index in [-0.39, 0.29) is 5.91 Å². The number of carbonyl (C=O) groups is 1. The van der Waals surface area contributed by atoms with Crippen molar-refractivity contribution in [3.63, 3.8) is 0 Å². The van der Waals surface area contributed by atoms with Crippen LogP contribution in [0.3, 0.4) is 0 Å². The molecule has 2 rings (SSSR count). The fraction of sp³-hybridized carbons (Fsp3) is 0. The van der Waals surface area contributed by atoms with E-state index in [4.69, 9.17) is 23.2 Å². The van der Waals surface area contributed by atoms with Crippen molar-refractivity contribution in [1.82, 2.24) is 5.43 Å². The van der Waals surface area contributed by atoms with Gasteiger partial charge in [-0.05, 0) is 18.2 Å². The normalized spacial score (nSPS) is 10.8. The number of thiophene rings is 1. The maximum atomic E-state index is 11.6. The number of halogens is 2. The van der Waals surface area contributed by atoms with Gasteiger partial charge in [-0.1, -0.05) is 41.4 Å². The van der Waals surface area contributed by atoms with Crippen molar-refractivity contribution in [2.45, 2.75) is 0 Å². The standard InChI is InChI=1S/C12H8Cl2N2OS/c13-9-4-2-1-3-8(9)7-15-16-12(17)10-5-6-11(14)18-10/h1-7H,(H,16,17)/b15-7-. The van der Waals surface area contributed by atoms with Gasteiger partial charge in [0, 0.05) is 10.6 Å². The average Bonchev–Trinajstić information content (AvgIpc) is 2.78. The quantitative estimate of drug-likeness (QED) is 0.679. The molecule has 0 aliphatic heterocycles. The number of hydrazone groups is 1. The number of hydrogen-bond acceptors (Lipinski definition) is 3. The molecule has 0 aliphatic carbocycles.